The summed E-state index contributed by atoms with van der Waals surface area (Å²) in [7, 11) is -1.22. The van der Waals surface area contributed by atoms with Crippen molar-refractivity contribution in [1.29, 1.82) is 0 Å². The fraction of sp³-hybridized carbons (Fsp3) is 0.0588. The number of nitrogen functional groups attached to an aromatic ring is 1. The second kappa shape index (κ2) is 5.88. The minimum absolute atomic E-state index is 0.421. The second-order valence-electron chi connectivity index (χ2n) is 4.82. The Labute approximate surface area is 131 Å². The van der Waals surface area contributed by atoms with E-state index in [4.69, 9.17) is 17.3 Å². The minimum atomic E-state index is -1.22. The predicted octanol–water partition coefficient (Wildman–Crippen LogP) is 4.38. The lowest BCUT2D eigenvalue weighted by molar-refractivity contribution is 0.683. The largest absolute Gasteiger partial charge is 0.399 e. The van der Waals surface area contributed by atoms with Crippen molar-refractivity contribution in [1.82, 2.24) is 0 Å². The van der Waals surface area contributed by atoms with E-state index in [0.29, 0.717) is 21.4 Å². The van der Waals surface area contributed by atoms with Gasteiger partial charge in [-0.25, -0.2) is 0 Å². The highest BCUT2D eigenvalue weighted by atomic mass is 35.5. The van der Waals surface area contributed by atoms with E-state index in [1.165, 1.54) is 0 Å². The summed E-state index contributed by atoms with van der Waals surface area (Å²) in [5, 5.41) is 2.75. The smallest absolute Gasteiger partial charge is 0.0598 e. The van der Waals surface area contributed by atoms with Crippen molar-refractivity contribution in [3.05, 3.63) is 71.2 Å². The highest BCUT2D eigenvalue weighted by Gasteiger charge is 2.11. The van der Waals surface area contributed by atoms with Crippen LogP contribution in [0.15, 0.2) is 65.6 Å². The standard InChI is InChI=1S/C17H14ClNOS/c18-16-9-8-14(19)10-17(16)21(20)11-13-6-3-5-12-4-1-2-7-15(12)13/h1-10H,11,19H2. The maximum Gasteiger partial charge on any atom is 0.0598 e. The van der Waals surface area contributed by atoms with E-state index in [1.807, 2.05) is 30.3 Å². The first kappa shape index (κ1) is 14.1. The lowest BCUT2D eigenvalue weighted by atomic mass is 10.1. The van der Waals surface area contributed by atoms with Gasteiger partial charge >= 0.3 is 0 Å². The highest BCUT2D eigenvalue weighted by molar-refractivity contribution is 7.84. The number of hydrogen-bond acceptors (Lipinski definition) is 2. The van der Waals surface area contributed by atoms with E-state index in [1.54, 1.807) is 18.2 Å². The normalized spacial score (nSPS) is 12.4. The molecule has 0 amide bonds. The van der Waals surface area contributed by atoms with Gasteiger partial charge in [-0.1, -0.05) is 54.1 Å². The molecule has 0 spiro atoms. The molecule has 0 aliphatic heterocycles. The Hall–Kier alpha value is -1.84. The van der Waals surface area contributed by atoms with Crippen LogP contribution in [0.25, 0.3) is 10.8 Å². The summed E-state index contributed by atoms with van der Waals surface area (Å²) in [4.78, 5) is 0.588. The first-order valence-corrected chi connectivity index (χ1v) is 8.25. The topological polar surface area (TPSA) is 43.1 Å². The lowest BCUT2D eigenvalue weighted by Gasteiger charge is -2.08. The van der Waals surface area contributed by atoms with Gasteiger partial charge in [-0.15, -0.1) is 0 Å². The van der Waals surface area contributed by atoms with Gasteiger partial charge in [0.1, 0.15) is 0 Å². The molecule has 0 heterocycles. The van der Waals surface area contributed by atoms with Crippen LogP contribution in [0.1, 0.15) is 5.56 Å². The van der Waals surface area contributed by atoms with Crippen molar-refractivity contribution in [2.75, 3.05) is 5.73 Å². The van der Waals surface area contributed by atoms with Crippen LogP contribution >= 0.6 is 11.6 Å². The second-order valence-corrected chi connectivity index (χ2v) is 6.64. The average molecular weight is 316 g/mol. The van der Waals surface area contributed by atoms with Crippen molar-refractivity contribution in [2.45, 2.75) is 10.6 Å². The number of halogens is 1. The van der Waals surface area contributed by atoms with E-state index >= 15 is 0 Å². The zero-order valence-corrected chi connectivity index (χ0v) is 12.8. The molecule has 106 valence electrons. The molecular weight excluding hydrogens is 302 g/mol. The third kappa shape index (κ3) is 2.94. The minimum Gasteiger partial charge on any atom is -0.399 e. The molecule has 0 radical (unpaired) electrons. The highest BCUT2D eigenvalue weighted by Crippen LogP contribution is 2.26. The van der Waals surface area contributed by atoms with E-state index in [0.717, 1.165) is 16.3 Å². The Morgan fingerprint density at radius 2 is 1.76 bits per heavy atom. The number of benzene rings is 3. The first-order valence-electron chi connectivity index (χ1n) is 6.55. The molecule has 4 heteroatoms. The van der Waals surface area contributed by atoms with Gasteiger partial charge in [0.05, 0.1) is 26.5 Å². The molecule has 3 aromatic carbocycles. The molecule has 1 atom stereocenters. The van der Waals surface area contributed by atoms with Gasteiger partial charge in [0.2, 0.25) is 0 Å². The number of anilines is 1. The van der Waals surface area contributed by atoms with Crippen LogP contribution in [0.2, 0.25) is 5.02 Å². The zero-order chi connectivity index (χ0) is 14.8. The predicted molar refractivity (Wildman–Crippen MR) is 89.9 cm³/mol. The number of hydrogen-bond donors (Lipinski definition) is 1. The number of nitrogens with two attached hydrogens (primary N) is 1. The van der Waals surface area contributed by atoms with Crippen LogP contribution < -0.4 is 5.73 Å². The third-order valence-corrected chi connectivity index (χ3v) is 5.21. The lowest BCUT2D eigenvalue weighted by Crippen LogP contribution is -1.99. The van der Waals surface area contributed by atoms with Crippen molar-refractivity contribution in [3.63, 3.8) is 0 Å². The van der Waals surface area contributed by atoms with Gasteiger partial charge in [0, 0.05) is 5.69 Å². The van der Waals surface area contributed by atoms with Crippen molar-refractivity contribution < 1.29 is 4.21 Å². The first-order chi connectivity index (χ1) is 10.1. The molecule has 2 N–H and O–H groups in total. The summed E-state index contributed by atoms with van der Waals surface area (Å²) < 4.78 is 12.6. The summed E-state index contributed by atoms with van der Waals surface area (Å²) in [5.41, 5.74) is 7.37. The molecule has 0 bridgehead atoms. The Bertz CT molecular complexity index is 827. The van der Waals surface area contributed by atoms with Gasteiger partial charge in [-0.2, -0.15) is 0 Å². The Balaban J connectivity index is 1.99. The quantitative estimate of drug-likeness (QED) is 0.729. The van der Waals surface area contributed by atoms with Crippen molar-refractivity contribution in [3.8, 4) is 0 Å². The molecule has 21 heavy (non-hydrogen) atoms. The molecule has 0 saturated heterocycles. The molecule has 0 aliphatic rings. The van der Waals surface area contributed by atoms with E-state index in [-0.39, 0.29) is 0 Å². The molecule has 1 unspecified atom stereocenters. The molecular formula is C17H14ClNOS. The molecule has 3 rings (SSSR count). The molecule has 0 fully saturated rings. The maximum absolute atomic E-state index is 12.6. The van der Waals surface area contributed by atoms with Crippen LogP contribution in [0.4, 0.5) is 5.69 Å². The average Bonchev–Trinajstić information content (AvgIpc) is 2.50. The molecule has 0 aromatic heterocycles. The molecule has 0 saturated carbocycles. The summed E-state index contributed by atoms with van der Waals surface area (Å²) in [6.07, 6.45) is 0. The molecule has 0 aliphatic carbocycles. The van der Waals surface area contributed by atoms with E-state index < -0.39 is 10.8 Å². The van der Waals surface area contributed by atoms with Crippen LogP contribution in [-0.4, -0.2) is 4.21 Å². The van der Waals surface area contributed by atoms with Gasteiger partial charge in [-0.3, -0.25) is 4.21 Å². The summed E-state index contributed by atoms with van der Waals surface area (Å²) in [6.45, 7) is 0. The van der Waals surface area contributed by atoms with Gasteiger partial charge < -0.3 is 5.73 Å². The van der Waals surface area contributed by atoms with Crippen LogP contribution in [0.3, 0.4) is 0 Å². The maximum atomic E-state index is 12.6. The fourth-order valence-corrected chi connectivity index (χ4v) is 3.95. The zero-order valence-electron chi connectivity index (χ0n) is 11.3. The van der Waals surface area contributed by atoms with Gasteiger partial charge in [-0.05, 0) is 34.5 Å². The van der Waals surface area contributed by atoms with Crippen LogP contribution in [-0.2, 0) is 16.6 Å². The summed E-state index contributed by atoms with van der Waals surface area (Å²) >= 11 is 6.13. The summed E-state index contributed by atoms with van der Waals surface area (Å²) in [5.74, 6) is 0.421. The molecule has 2 nitrogen and oxygen atoms in total. The SMILES string of the molecule is Nc1ccc(Cl)c(S(=O)Cc2cccc3ccccc23)c1. The van der Waals surface area contributed by atoms with Crippen LogP contribution in [0.5, 0.6) is 0 Å². The van der Waals surface area contributed by atoms with Gasteiger partial charge in [0.25, 0.3) is 0 Å². The Kier molecular flexibility index (Phi) is 3.95. The monoisotopic (exact) mass is 315 g/mol. The van der Waals surface area contributed by atoms with Crippen molar-refractivity contribution in [2.24, 2.45) is 0 Å². The summed E-state index contributed by atoms with van der Waals surface area (Å²) in [6, 6.07) is 19.2. The molecule has 3 aromatic rings. The Morgan fingerprint density at radius 3 is 2.62 bits per heavy atom. The fourth-order valence-electron chi connectivity index (χ4n) is 2.33. The van der Waals surface area contributed by atoms with E-state index in [2.05, 4.69) is 12.1 Å². The van der Waals surface area contributed by atoms with Crippen molar-refractivity contribution >= 4 is 38.9 Å². The van der Waals surface area contributed by atoms with Crippen LogP contribution in [0, 0.1) is 0 Å². The third-order valence-electron chi connectivity index (χ3n) is 3.37. The number of fused-ring (bicyclic) bond motifs is 1. The van der Waals surface area contributed by atoms with Gasteiger partial charge in [0.15, 0.2) is 0 Å². The number of rotatable bonds is 3. The Morgan fingerprint density at radius 1 is 1.00 bits per heavy atom. The van der Waals surface area contributed by atoms with E-state index in [9.17, 15) is 4.21 Å².